The number of methoxy groups -OCH3 is 1. The quantitative estimate of drug-likeness (QED) is 0.750. The Balaban J connectivity index is 1.42. The van der Waals surface area contributed by atoms with Gasteiger partial charge < -0.3 is 19.1 Å². The standard InChI is InChI=1S/C20H22N2O6S/c1-26-16-3-5-17(6-4-16)29(24,25)22-10-8-21(9-11-22)20(23)15-2-7-18-19(14-15)28-13-12-27-18/h2-7,14H,8-13H2,1H3. The average molecular weight is 418 g/mol. The lowest BCUT2D eigenvalue weighted by atomic mass is 10.1. The molecule has 0 atom stereocenters. The van der Waals surface area contributed by atoms with E-state index in [0.717, 1.165) is 0 Å². The van der Waals surface area contributed by atoms with Crippen molar-refractivity contribution in [1.82, 2.24) is 9.21 Å². The second kappa shape index (κ2) is 7.92. The van der Waals surface area contributed by atoms with Gasteiger partial charge in [-0.3, -0.25) is 4.79 Å². The molecule has 154 valence electrons. The van der Waals surface area contributed by atoms with Gasteiger partial charge in [-0.25, -0.2) is 8.42 Å². The minimum Gasteiger partial charge on any atom is -0.497 e. The van der Waals surface area contributed by atoms with Gasteiger partial charge in [0.05, 0.1) is 12.0 Å². The molecule has 0 spiro atoms. The van der Waals surface area contributed by atoms with Crippen LogP contribution in [0.4, 0.5) is 0 Å². The van der Waals surface area contributed by atoms with Crippen LogP contribution in [-0.2, 0) is 10.0 Å². The Hall–Kier alpha value is -2.78. The van der Waals surface area contributed by atoms with Crippen LogP contribution in [0.15, 0.2) is 47.4 Å². The van der Waals surface area contributed by atoms with Gasteiger partial charge in [-0.05, 0) is 42.5 Å². The highest BCUT2D eigenvalue weighted by Gasteiger charge is 2.30. The Morgan fingerprint density at radius 3 is 2.24 bits per heavy atom. The normalized spacial score (nSPS) is 17.1. The van der Waals surface area contributed by atoms with Gasteiger partial charge in [-0.15, -0.1) is 0 Å². The van der Waals surface area contributed by atoms with E-state index < -0.39 is 10.0 Å². The summed E-state index contributed by atoms with van der Waals surface area (Å²) in [6, 6.07) is 11.4. The van der Waals surface area contributed by atoms with Gasteiger partial charge in [-0.1, -0.05) is 0 Å². The highest BCUT2D eigenvalue weighted by atomic mass is 32.2. The second-order valence-electron chi connectivity index (χ2n) is 6.73. The van der Waals surface area contributed by atoms with Crippen molar-refractivity contribution < 1.29 is 27.4 Å². The molecule has 2 aliphatic heterocycles. The molecular formula is C20H22N2O6S. The van der Waals surface area contributed by atoms with E-state index in [-0.39, 0.29) is 23.9 Å². The van der Waals surface area contributed by atoms with Crippen LogP contribution in [-0.4, -0.2) is 70.0 Å². The fourth-order valence-electron chi connectivity index (χ4n) is 3.39. The van der Waals surface area contributed by atoms with E-state index in [1.807, 2.05) is 0 Å². The zero-order chi connectivity index (χ0) is 20.4. The molecule has 1 fully saturated rings. The van der Waals surface area contributed by atoms with Crippen molar-refractivity contribution >= 4 is 15.9 Å². The Kier molecular flexibility index (Phi) is 5.33. The summed E-state index contributed by atoms with van der Waals surface area (Å²) in [5.74, 6) is 1.63. The summed E-state index contributed by atoms with van der Waals surface area (Å²) in [6.07, 6.45) is 0. The lowest BCUT2D eigenvalue weighted by Crippen LogP contribution is -2.50. The molecule has 4 rings (SSSR count). The summed E-state index contributed by atoms with van der Waals surface area (Å²) in [6.45, 7) is 2.07. The maximum atomic E-state index is 12.8. The molecule has 29 heavy (non-hydrogen) atoms. The molecule has 2 aromatic rings. The molecule has 0 saturated carbocycles. The Labute approximate surface area is 169 Å². The van der Waals surface area contributed by atoms with Crippen molar-refractivity contribution in [2.24, 2.45) is 0 Å². The second-order valence-corrected chi connectivity index (χ2v) is 8.67. The molecule has 8 nitrogen and oxygen atoms in total. The molecule has 1 amide bonds. The Morgan fingerprint density at radius 1 is 0.931 bits per heavy atom. The third kappa shape index (κ3) is 3.88. The SMILES string of the molecule is COc1ccc(S(=O)(=O)N2CCN(C(=O)c3ccc4c(c3)OCCO4)CC2)cc1. The van der Waals surface area contributed by atoms with Crippen molar-refractivity contribution in [2.45, 2.75) is 4.90 Å². The number of hydrogen-bond acceptors (Lipinski definition) is 6. The summed E-state index contributed by atoms with van der Waals surface area (Å²) < 4.78 is 43.2. The van der Waals surface area contributed by atoms with Crippen LogP contribution in [0.1, 0.15) is 10.4 Å². The van der Waals surface area contributed by atoms with Crippen LogP contribution in [0.3, 0.4) is 0 Å². The molecular weight excluding hydrogens is 396 g/mol. The van der Waals surface area contributed by atoms with Gasteiger partial charge >= 0.3 is 0 Å². The molecule has 0 aromatic heterocycles. The Bertz CT molecular complexity index is 998. The number of hydrogen-bond donors (Lipinski definition) is 0. The minimum absolute atomic E-state index is 0.150. The van der Waals surface area contributed by atoms with Crippen LogP contribution in [0, 0.1) is 0 Å². The van der Waals surface area contributed by atoms with Crippen LogP contribution in [0.2, 0.25) is 0 Å². The third-order valence-electron chi connectivity index (χ3n) is 5.01. The summed E-state index contributed by atoms with van der Waals surface area (Å²) in [5, 5.41) is 0. The number of piperazine rings is 1. The molecule has 2 heterocycles. The van der Waals surface area contributed by atoms with Crippen LogP contribution < -0.4 is 14.2 Å². The number of rotatable bonds is 4. The van der Waals surface area contributed by atoms with E-state index in [4.69, 9.17) is 14.2 Å². The maximum Gasteiger partial charge on any atom is 0.254 e. The van der Waals surface area contributed by atoms with Crippen molar-refractivity contribution in [1.29, 1.82) is 0 Å². The molecule has 0 N–H and O–H groups in total. The number of fused-ring (bicyclic) bond motifs is 1. The van der Waals surface area contributed by atoms with Crippen LogP contribution >= 0.6 is 0 Å². The summed E-state index contributed by atoms with van der Waals surface area (Å²) in [5.41, 5.74) is 0.501. The number of sulfonamides is 1. The van der Waals surface area contributed by atoms with Gasteiger partial charge in [0.25, 0.3) is 5.91 Å². The fraction of sp³-hybridized carbons (Fsp3) is 0.350. The smallest absolute Gasteiger partial charge is 0.254 e. The zero-order valence-electron chi connectivity index (χ0n) is 16.0. The molecule has 0 radical (unpaired) electrons. The van der Waals surface area contributed by atoms with Gasteiger partial charge in [-0.2, -0.15) is 4.31 Å². The number of amides is 1. The van der Waals surface area contributed by atoms with E-state index in [9.17, 15) is 13.2 Å². The van der Waals surface area contributed by atoms with Gasteiger partial charge in [0.15, 0.2) is 11.5 Å². The van der Waals surface area contributed by atoms with Crippen LogP contribution in [0.25, 0.3) is 0 Å². The summed E-state index contributed by atoms with van der Waals surface area (Å²) in [7, 11) is -2.08. The van der Waals surface area contributed by atoms with Gasteiger partial charge in [0.1, 0.15) is 19.0 Å². The van der Waals surface area contributed by atoms with Crippen LogP contribution in [0.5, 0.6) is 17.2 Å². The topological polar surface area (TPSA) is 85.4 Å². The van der Waals surface area contributed by atoms with E-state index in [1.165, 1.54) is 23.5 Å². The zero-order valence-corrected chi connectivity index (χ0v) is 16.9. The van der Waals surface area contributed by atoms with Crippen molar-refractivity contribution in [3.8, 4) is 17.2 Å². The molecule has 1 saturated heterocycles. The first kappa shape index (κ1) is 19.5. The van der Waals surface area contributed by atoms with Crippen molar-refractivity contribution in [3.63, 3.8) is 0 Å². The van der Waals surface area contributed by atoms with E-state index in [2.05, 4.69) is 0 Å². The molecule has 0 aliphatic carbocycles. The number of benzene rings is 2. The van der Waals surface area contributed by atoms with E-state index >= 15 is 0 Å². The maximum absolute atomic E-state index is 12.8. The first-order chi connectivity index (χ1) is 14.0. The highest BCUT2D eigenvalue weighted by molar-refractivity contribution is 7.89. The third-order valence-corrected chi connectivity index (χ3v) is 6.93. The lowest BCUT2D eigenvalue weighted by molar-refractivity contribution is 0.0697. The largest absolute Gasteiger partial charge is 0.497 e. The van der Waals surface area contributed by atoms with E-state index in [0.29, 0.717) is 49.1 Å². The van der Waals surface area contributed by atoms with Crippen molar-refractivity contribution in [3.05, 3.63) is 48.0 Å². The average Bonchev–Trinajstić information content (AvgIpc) is 2.78. The van der Waals surface area contributed by atoms with Gasteiger partial charge in [0, 0.05) is 31.7 Å². The minimum atomic E-state index is -3.61. The Morgan fingerprint density at radius 2 is 1.59 bits per heavy atom. The molecule has 2 aliphatic rings. The highest BCUT2D eigenvalue weighted by Crippen LogP contribution is 2.31. The summed E-state index contributed by atoms with van der Waals surface area (Å²) >= 11 is 0. The molecule has 0 unspecified atom stereocenters. The van der Waals surface area contributed by atoms with Crippen molar-refractivity contribution in [2.75, 3.05) is 46.5 Å². The molecule has 9 heteroatoms. The first-order valence-corrected chi connectivity index (χ1v) is 10.8. The molecule has 2 aromatic carbocycles. The van der Waals surface area contributed by atoms with E-state index in [1.54, 1.807) is 35.2 Å². The number of carbonyl (C=O) groups excluding carboxylic acids is 1. The predicted octanol–water partition coefficient (Wildman–Crippen LogP) is 1.61. The number of nitrogens with zero attached hydrogens (tertiary/aromatic N) is 2. The number of carbonyl (C=O) groups is 1. The summed E-state index contributed by atoms with van der Waals surface area (Å²) in [4.78, 5) is 14.7. The number of ether oxygens (including phenoxy) is 3. The van der Waals surface area contributed by atoms with Gasteiger partial charge in [0.2, 0.25) is 10.0 Å². The fourth-order valence-corrected chi connectivity index (χ4v) is 4.81. The predicted molar refractivity (Wildman–Crippen MR) is 105 cm³/mol. The first-order valence-electron chi connectivity index (χ1n) is 9.32. The molecule has 0 bridgehead atoms. The lowest BCUT2D eigenvalue weighted by Gasteiger charge is -2.34. The monoisotopic (exact) mass is 418 g/mol.